The van der Waals surface area contributed by atoms with Crippen LogP contribution in [-0.4, -0.2) is 26.1 Å². The van der Waals surface area contributed by atoms with E-state index in [1.165, 1.54) is 7.11 Å². The third kappa shape index (κ3) is 4.76. The van der Waals surface area contributed by atoms with Gasteiger partial charge in [0.05, 0.1) is 19.8 Å². The molecule has 0 N–H and O–H groups in total. The van der Waals surface area contributed by atoms with Crippen molar-refractivity contribution in [2.75, 3.05) is 14.2 Å². The topological polar surface area (TPSA) is 66.3 Å². The van der Waals surface area contributed by atoms with Crippen molar-refractivity contribution in [3.8, 4) is 17.2 Å². The molecule has 0 atom stereocenters. The van der Waals surface area contributed by atoms with Crippen LogP contribution in [0.5, 0.6) is 17.2 Å². The molecule has 7 heteroatoms. The summed E-state index contributed by atoms with van der Waals surface area (Å²) in [6.07, 6.45) is 1.62. The molecule has 1 aliphatic heterocycles. The van der Waals surface area contributed by atoms with E-state index in [-0.39, 0.29) is 11.6 Å². The molecule has 0 unspecified atom stereocenters. The number of rotatable bonds is 7. The number of hydrogen-bond acceptors (Lipinski definition) is 6. The third-order valence-electron chi connectivity index (χ3n) is 4.74. The van der Waals surface area contributed by atoms with Gasteiger partial charge in [-0.25, -0.2) is 9.79 Å². The number of cyclic esters (lactones) is 1. The highest BCUT2D eigenvalue weighted by molar-refractivity contribution is 6.31. The highest BCUT2D eigenvalue weighted by Gasteiger charge is 2.26. The van der Waals surface area contributed by atoms with E-state index in [0.717, 1.165) is 5.56 Å². The standard InChI is InChI=1S/C25H20ClNO5/c1-29-21-11-9-18(26)14-19(21)24-27-20(25(28)32-24)12-17-8-10-22(23(13-17)30-2)31-15-16-6-4-3-5-7-16/h3-14H,15H2,1-2H3/b20-12-. The lowest BCUT2D eigenvalue weighted by Gasteiger charge is -2.11. The first-order chi connectivity index (χ1) is 15.6. The molecule has 0 fully saturated rings. The zero-order chi connectivity index (χ0) is 22.5. The van der Waals surface area contributed by atoms with Crippen LogP contribution in [0, 0.1) is 0 Å². The SMILES string of the molecule is COc1cc(/C=C2\N=C(c3cc(Cl)ccc3OC)OC2=O)ccc1OCc1ccccc1. The maximum atomic E-state index is 12.4. The molecule has 0 aliphatic carbocycles. The molecule has 162 valence electrons. The van der Waals surface area contributed by atoms with E-state index in [4.69, 9.17) is 30.5 Å². The van der Waals surface area contributed by atoms with Gasteiger partial charge in [0.2, 0.25) is 5.90 Å². The minimum Gasteiger partial charge on any atom is -0.496 e. The lowest BCUT2D eigenvalue weighted by Crippen LogP contribution is -2.07. The second-order valence-electron chi connectivity index (χ2n) is 6.87. The number of halogens is 1. The molecule has 0 bridgehead atoms. The first kappa shape index (κ1) is 21.5. The summed E-state index contributed by atoms with van der Waals surface area (Å²) < 4.78 is 22.0. The number of carbonyl (C=O) groups excluding carboxylic acids is 1. The molecule has 6 nitrogen and oxygen atoms in total. The summed E-state index contributed by atoms with van der Waals surface area (Å²) in [7, 11) is 3.08. The van der Waals surface area contributed by atoms with Gasteiger partial charge in [-0.05, 0) is 47.5 Å². The minimum atomic E-state index is -0.564. The lowest BCUT2D eigenvalue weighted by atomic mass is 10.1. The maximum absolute atomic E-state index is 12.4. The third-order valence-corrected chi connectivity index (χ3v) is 4.98. The summed E-state index contributed by atoms with van der Waals surface area (Å²) in [5, 5.41) is 0.479. The summed E-state index contributed by atoms with van der Waals surface area (Å²) in [4.78, 5) is 16.7. The van der Waals surface area contributed by atoms with Crippen molar-refractivity contribution in [3.05, 3.63) is 94.1 Å². The zero-order valence-electron chi connectivity index (χ0n) is 17.5. The summed E-state index contributed by atoms with van der Waals surface area (Å²) in [6.45, 7) is 0.416. The van der Waals surface area contributed by atoms with Gasteiger partial charge in [0.25, 0.3) is 0 Å². The number of benzene rings is 3. The van der Waals surface area contributed by atoms with E-state index >= 15 is 0 Å². The van der Waals surface area contributed by atoms with Gasteiger partial charge in [-0.15, -0.1) is 0 Å². The Labute approximate surface area is 190 Å². The number of hydrogen-bond donors (Lipinski definition) is 0. The van der Waals surface area contributed by atoms with E-state index < -0.39 is 5.97 Å². The predicted molar refractivity (Wildman–Crippen MR) is 122 cm³/mol. The Bertz CT molecular complexity index is 1200. The molecule has 3 aromatic rings. The molecule has 0 radical (unpaired) electrons. The van der Waals surface area contributed by atoms with Gasteiger partial charge in [-0.2, -0.15) is 0 Å². The van der Waals surface area contributed by atoms with Gasteiger partial charge in [0, 0.05) is 5.02 Å². The largest absolute Gasteiger partial charge is 0.496 e. The van der Waals surface area contributed by atoms with E-state index in [2.05, 4.69) is 4.99 Å². The number of aliphatic imine (C=N–C) groups is 1. The highest BCUT2D eigenvalue weighted by Crippen LogP contribution is 2.31. The fourth-order valence-corrected chi connectivity index (χ4v) is 3.33. The molecule has 0 amide bonds. The summed E-state index contributed by atoms with van der Waals surface area (Å²) in [5.41, 5.74) is 2.41. The van der Waals surface area contributed by atoms with E-state index in [0.29, 0.717) is 40.0 Å². The summed E-state index contributed by atoms with van der Waals surface area (Å²) in [6, 6.07) is 20.2. The van der Waals surface area contributed by atoms with Crippen LogP contribution in [0.2, 0.25) is 5.02 Å². The Balaban J connectivity index is 1.58. The van der Waals surface area contributed by atoms with Crippen LogP contribution in [0.4, 0.5) is 0 Å². The number of nitrogens with zero attached hydrogens (tertiary/aromatic N) is 1. The Morgan fingerprint density at radius 3 is 2.44 bits per heavy atom. The molecule has 0 saturated carbocycles. The van der Waals surface area contributed by atoms with E-state index in [1.54, 1.807) is 43.5 Å². The smallest absolute Gasteiger partial charge is 0.363 e. The van der Waals surface area contributed by atoms with Crippen LogP contribution in [-0.2, 0) is 16.1 Å². The molecule has 0 aromatic heterocycles. The lowest BCUT2D eigenvalue weighted by molar-refractivity contribution is -0.129. The van der Waals surface area contributed by atoms with Gasteiger partial charge < -0.3 is 18.9 Å². The molecular weight excluding hydrogens is 430 g/mol. The zero-order valence-corrected chi connectivity index (χ0v) is 18.3. The quantitative estimate of drug-likeness (QED) is 0.362. The van der Waals surface area contributed by atoms with Crippen LogP contribution in [0.25, 0.3) is 6.08 Å². The molecule has 0 spiro atoms. The van der Waals surface area contributed by atoms with Gasteiger partial charge in [-0.3, -0.25) is 0 Å². The molecule has 3 aromatic carbocycles. The summed E-state index contributed by atoms with van der Waals surface area (Å²) >= 11 is 6.08. The maximum Gasteiger partial charge on any atom is 0.363 e. The second-order valence-corrected chi connectivity index (χ2v) is 7.30. The Morgan fingerprint density at radius 1 is 0.938 bits per heavy atom. The number of esters is 1. The van der Waals surface area contributed by atoms with Crippen LogP contribution in [0.1, 0.15) is 16.7 Å². The molecule has 1 aliphatic rings. The Morgan fingerprint density at radius 2 is 1.69 bits per heavy atom. The normalized spacial score (nSPS) is 14.2. The monoisotopic (exact) mass is 449 g/mol. The van der Waals surface area contributed by atoms with Crippen molar-refractivity contribution in [2.45, 2.75) is 6.61 Å². The van der Waals surface area contributed by atoms with Crippen LogP contribution < -0.4 is 14.2 Å². The summed E-state index contributed by atoms with van der Waals surface area (Å²) in [5.74, 6) is 1.22. The predicted octanol–water partition coefficient (Wildman–Crippen LogP) is 5.28. The van der Waals surface area contributed by atoms with Crippen LogP contribution >= 0.6 is 11.6 Å². The van der Waals surface area contributed by atoms with Crippen molar-refractivity contribution in [1.82, 2.24) is 0 Å². The van der Waals surface area contributed by atoms with Gasteiger partial charge in [-0.1, -0.05) is 48.0 Å². The second kappa shape index (κ2) is 9.58. The number of ether oxygens (including phenoxy) is 4. The van der Waals surface area contributed by atoms with Crippen molar-refractivity contribution in [2.24, 2.45) is 4.99 Å². The number of methoxy groups -OCH3 is 2. The Hall–Kier alpha value is -3.77. The van der Waals surface area contributed by atoms with Crippen LogP contribution in [0.3, 0.4) is 0 Å². The van der Waals surface area contributed by atoms with Crippen molar-refractivity contribution in [1.29, 1.82) is 0 Å². The Kier molecular flexibility index (Phi) is 6.42. The average Bonchev–Trinajstić information content (AvgIpc) is 3.18. The molecule has 1 heterocycles. The van der Waals surface area contributed by atoms with Crippen molar-refractivity contribution in [3.63, 3.8) is 0 Å². The highest BCUT2D eigenvalue weighted by atomic mass is 35.5. The van der Waals surface area contributed by atoms with E-state index in [9.17, 15) is 4.79 Å². The van der Waals surface area contributed by atoms with Crippen LogP contribution in [0.15, 0.2) is 77.4 Å². The minimum absolute atomic E-state index is 0.135. The first-order valence-electron chi connectivity index (χ1n) is 9.78. The molecule has 0 saturated heterocycles. The van der Waals surface area contributed by atoms with Gasteiger partial charge in [0.15, 0.2) is 17.2 Å². The van der Waals surface area contributed by atoms with Crippen molar-refractivity contribution >= 4 is 29.5 Å². The number of carbonyl (C=O) groups is 1. The molecule has 4 rings (SSSR count). The fourth-order valence-electron chi connectivity index (χ4n) is 3.16. The first-order valence-corrected chi connectivity index (χ1v) is 10.2. The van der Waals surface area contributed by atoms with Crippen molar-refractivity contribution < 1.29 is 23.7 Å². The molecular formula is C25H20ClNO5. The fraction of sp³-hybridized carbons (Fsp3) is 0.120. The van der Waals surface area contributed by atoms with E-state index in [1.807, 2.05) is 36.4 Å². The van der Waals surface area contributed by atoms with Gasteiger partial charge >= 0.3 is 5.97 Å². The average molecular weight is 450 g/mol. The van der Waals surface area contributed by atoms with Gasteiger partial charge in [0.1, 0.15) is 12.4 Å². The molecule has 32 heavy (non-hydrogen) atoms.